The molecule has 0 spiro atoms. The first-order valence-corrected chi connectivity index (χ1v) is 8.50. The number of rotatable bonds is 6. The summed E-state index contributed by atoms with van der Waals surface area (Å²) in [5.74, 6) is -3.52. The number of alkyl halides is 5. The summed E-state index contributed by atoms with van der Waals surface area (Å²) in [6.07, 6.45) is -4.50. The third kappa shape index (κ3) is 5.82. The third-order valence-electron chi connectivity index (χ3n) is 3.77. The van der Waals surface area contributed by atoms with Gasteiger partial charge in [0.2, 0.25) is 0 Å². The molecule has 1 aromatic rings. The SMILES string of the molecule is O=C(NCC(N1CCNCC1)C(F)(F)F)c1ccccc1SC(F)F. The molecule has 1 saturated heterocycles. The van der Waals surface area contributed by atoms with Crippen LogP contribution in [0.3, 0.4) is 0 Å². The fraction of sp³-hybridized carbons (Fsp3) is 0.533. The molecule has 0 aromatic heterocycles. The van der Waals surface area contributed by atoms with Crippen molar-refractivity contribution >= 4 is 17.7 Å². The fourth-order valence-corrected chi connectivity index (χ4v) is 3.22. The summed E-state index contributed by atoms with van der Waals surface area (Å²) < 4.78 is 65.0. The lowest BCUT2D eigenvalue weighted by molar-refractivity contribution is -0.183. The standard InChI is InChI=1S/C15H18F5N3OS/c16-14(17)25-11-4-2-1-3-10(11)13(24)22-9-12(15(18,19)20)23-7-5-21-6-8-23/h1-4,12,14,21H,5-9H2,(H,22,24). The molecule has 1 amide bonds. The van der Waals surface area contributed by atoms with Gasteiger partial charge in [-0.25, -0.2) is 0 Å². The van der Waals surface area contributed by atoms with E-state index in [4.69, 9.17) is 0 Å². The summed E-state index contributed by atoms with van der Waals surface area (Å²) in [4.78, 5) is 13.5. The van der Waals surface area contributed by atoms with Gasteiger partial charge in [0.05, 0.1) is 5.56 Å². The summed E-state index contributed by atoms with van der Waals surface area (Å²) in [6.45, 7) is 0.689. The Morgan fingerprint density at radius 3 is 2.48 bits per heavy atom. The minimum Gasteiger partial charge on any atom is -0.350 e. The molecule has 140 valence electrons. The van der Waals surface area contributed by atoms with Crippen LogP contribution >= 0.6 is 11.8 Å². The molecule has 2 rings (SSSR count). The van der Waals surface area contributed by atoms with Crippen molar-refractivity contribution in [2.75, 3.05) is 32.7 Å². The molecule has 1 unspecified atom stereocenters. The lowest BCUT2D eigenvalue weighted by atomic mass is 10.1. The van der Waals surface area contributed by atoms with Crippen LogP contribution in [0.5, 0.6) is 0 Å². The minimum absolute atomic E-state index is 0.0285. The molecule has 4 nitrogen and oxygen atoms in total. The second-order valence-electron chi connectivity index (χ2n) is 5.43. The van der Waals surface area contributed by atoms with Crippen LogP contribution in [0.4, 0.5) is 22.0 Å². The van der Waals surface area contributed by atoms with Gasteiger partial charge in [-0.1, -0.05) is 23.9 Å². The summed E-state index contributed by atoms with van der Waals surface area (Å²) >= 11 is 0.186. The van der Waals surface area contributed by atoms with Crippen LogP contribution in [0.25, 0.3) is 0 Å². The number of nitrogens with zero attached hydrogens (tertiary/aromatic N) is 1. The zero-order valence-corrected chi connectivity index (χ0v) is 14.0. The Morgan fingerprint density at radius 2 is 1.88 bits per heavy atom. The lowest BCUT2D eigenvalue weighted by Gasteiger charge is -2.35. The second kappa shape index (κ2) is 8.81. The van der Waals surface area contributed by atoms with E-state index in [2.05, 4.69) is 10.6 Å². The van der Waals surface area contributed by atoms with Gasteiger partial charge in [-0.05, 0) is 12.1 Å². The Labute approximate surface area is 146 Å². The van der Waals surface area contributed by atoms with Crippen molar-refractivity contribution in [2.24, 2.45) is 0 Å². The predicted octanol–water partition coefficient (Wildman–Crippen LogP) is 2.57. The summed E-state index contributed by atoms with van der Waals surface area (Å²) in [7, 11) is 0. The van der Waals surface area contributed by atoms with Gasteiger partial charge in [-0.15, -0.1) is 0 Å². The van der Waals surface area contributed by atoms with Crippen LogP contribution in [-0.2, 0) is 0 Å². The molecule has 1 aliphatic heterocycles. The first-order chi connectivity index (χ1) is 11.8. The number of nitrogens with one attached hydrogen (secondary N) is 2. The maximum atomic E-state index is 13.3. The van der Waals surface area contributed by atoms with E-state index in [0.29, 0.717) is 13.1 Å². The van der Waals surface area contributed by atoms with Gasteiger partial charge in [-0.3, -0.25) is 9.69 Å². The highest BCUT2D eigenvalue weighted by Gasteiger charge is 2.43. The van der Waals surface area contributed by atoms with E-state index in [1.807, 2.05) is 0 Å². The average molecular weight is 383 g/mol. The van der Waals surface area contributed by atoms with Gasteiger partial charge in [-0.2, -0.15) is 22.0 Å². The molecule has 0 bridgehead atoms. The van der Waals surface area contributed by atoms with Crippen LogP contribution in [-0.4, -0.2) is 61.5 Å². The zero-order valence-electron chi connectivity index (χ0n) is 13.2. The molecule has 1 atom stereocenters. The lowest BCUT2D eigenvalue weighted by Crippen LogP contribution is -2.57. The van der Waals surface area contributed by atoms with Crippen molar-refractivity contribution in [1.29, 1.82) is 0 Å². The van der Waals surface area contributed by atoms with Crippen molar-refractivity contribution in [3.63, 3.8) is 0 Å². The van der Waals surface area contributed by atoms with Gasteiger partial charge in [0.25, 0.3) is 11.7 Å². The number of carbonyl (C=O) groups excluding carboxylic acids is 1. The smallest absolute Gasteiger partial charge is 0.350 e. The third-order valence-corrected chi connectivity index (χ3v) is 4.56. The maximum Gasteiger partial charge on any atom is 0.405 e. The number of hydrogen-bond acceptors (Lipinski definition) is 4. The molecule has 25 heavy (non-hydrogen) atoms. The topological polar surface area (TPSA) is 44.4 Å². The first kappa shape index (κ1) is 19.9. The second-order valence-corrected chi connectivity index (χ2v) is 6.46. The highest BCUT2D eigenvalue weighted by atomic mass is 32.2. The molecule has 0 radical (unpaired) electrons. The molecular weight excluding hydrogens is 365 g/mol. The molecule has 0 saturated carbocycles. The van der Waals surface area contributed by atoms with Crippen molar-refractivity contribution < 1.29 is 26.7 Å². The van der Waals surface area contributed by atoms with E-state index in [-0.39, 0.29) is 35.3 Å². The van der Waals surface area contributed by atoms with Crippen LogP contribution in [0.2, 0.25) is 0 Å². The van der Waals surface area contributed by atoms with Crippen LogP contribution < -0.4 is 10.6 Å². The normalized spacial score (nSPS) is 17.5. The minimum atomic E-state index is -4.50. The van der Waals surface area contributed by atoms with Gasteiger partial charge >= 0.3 is 6.18 Å². The van der Waals surface area contributed by atoms with E-state index in [9.17, 15) is 26.7 Å². The highest BCUT2D eigenvalue weighted by Crippen LogP contribution is 2.29. The molecule has 2 N–H and O–H groups in total. The Hall–Kier alpha value is -1.39. The number of thioether (sulfide) groups is 1. The van der Waals surface area contributed by atoms with Crippen molar-refractivity contribution in [3.8, 4) is 0 Å². The van der Waals surface area contributed by atoms with Crippen LogP contribution in [0.15, 0.2) is 29.2 Å². The van der Waals surface area contributed by atoms with E-state index in [1.54, 1.807) is 0 Å². The zero-order chi connectivity index (χ0) is 18.4. The predicted molar refractivity (Wildman–Crippen MR) is 84.9 cm³/mol. The molecule has 1 aromatic carbocycles. The first-order valence-electron chi connectivity index (χ1n) is 7.62. The number of benzene rings is 1. The molecule has 1 aliphatic rings. The van der Waals surface area contributed by atoms with Crippen molar-refractivity contribution in [1.82, 2.24) is 15.5 Å². The van der Waals surface area contributed by atoms with Gasteiger partial charge in [0.1, 0.15) is 6.04 Å². The molecular formula is C15H18F5N3OS. The molecule has 0 aliphatic carbocycles. The van der Waals surface area contributed by atoms with Crippen molar-refractivity contribution in [3.05, 3.63) is 29.8 Å². The largest absolute Gasteiger partial charge is 0.405 e. The average Bonchev–Trinajstić information content (AvgIpc) is 2.54. The number of amides is 1. The molecule has 1 fully saturated rings. The Kier molecular flexibility index (Phi) is 7.03. The van der Waals surface area contributed by atoms with E-state index in [0.717, 1.165) is 0 Å². The quantitative estimate of drug-likeness (QED) is 0.586. The maximum absolute atomic E-state index is 13.3. The molecule has 1 heterocycles. The number of halogens is 5. The Bertz CT molecular complexity index is 579. The highest BCUT2D eigenvalue weighted by molar-refractivity contribution is 7.99. The monoisotopic (exact) mass is 383 g/mol. The number of hydrogen-bond donors (Lipinski definition) is 2. The fourth-order valence-electron chi connectivity index (χ4n) is 2.58. The van der Waals surface area contributed by atoms with Crippen LogP contribution in [0.1, 0.15) is 10.4 Å². The summed E-state index contributed by atoms with van der Waals surface area (Å²) in [5, 5.41) is 5.20. The summed E-state index contributed by atoms with van der Waals surface area (Å²) in [6, 6.07) is 3.80. The van der Waals surface area contributed by atoms with Gasteiger partial charge < -0.3 is 10.6 Å². The Morgan fingerprint density at radius 1 is 1.24 bits per heavy atom. The Balaban J connectivity index is 2.06. The van der Waals surface area contributed by atoms with Gasteiger partial charge in [0, 0.05) is 37.6 Å². The van der Waals surface area contributed by atoms with Gasteiger partial charge in [0.15, 0.2) is 0 Å². The van der Waals surface area contributed by atoms with Crippen LogP contribution in [0, 0.1) is 0 Å². The van der Waals surface area contributed by atoms with E-state index < -0.39 is 30.4 Å². The van der Waals surface area contributed by atoms with Crippen molar-refractivity contribution in [2.45, 2.75) is 22.9 Å². The molecule has 10 heteroatoms. The van der Waals surface area contributed by atoms with E-state index in [1.165, 1.54) is 29.2 Å². The summed E-state index contributed by atoms with van der Waals surface area (Å²) in [5.41, 5.74) is -0.0611. The number of piperazine rings is 1. The van der Waals surface area contributed by atoms with E-state index >= 15 is 0 Å². The number of carbonyl (C=O) groups is 1.